The summed E-state index contributed by atoms with van der Waals surface area (Å²) in [6, 6.07) is 4.98. The fourth-order valence-corrected chi connectivity index (χ4v) is 3.72. The fraction of sp³-hybridized carbons (Fsp3) is 0.737. The number of hydrogen-bond donors (Lipinski definition) is 1. The molecule has 2 heterocycles. The molecule has 0 amide bonds. The Labute approximate surface area is 180 Å². The number of thiophene rings is 1. The van der Waals surface area contributed by atoms with Crippen LogP contribution in [0.15, 0.2) is 22.5 Å². The van der Waals surface area contributed by atoms with Crippen molar-refractivity contribution in [2.45, 2.75) is 39.7 Å². The van der Waals surface area contributed by atoms with Gasteiger partial charge in [0.25, 0.3) is 0 Å². The van der Waals surface area contributed by atoms with Gasteiger partial charge in [-0.15, -0.1) is 35.3 Å². The van der Waals surface area contributed by atoms with Crippen LogP contribution in [-0.4, -0.2) is 74.7 Å². The maximum Gasteiger partial charge on any atom is 0.194 e. The predicted molar refractivity (Wildman–Crippen MR) is 126 cm³/mol. The second-order valence-corrected chi connectivity index (χ2v) is 7.87. The summed E-state index contributed by atoms with van der Waals surface area (Å²) >= 11 is 1.83. The van der Waals surface area contributed by atoms with Crippen LogP contribution in [-0.2, 0) is 0 Å². The zero-order valence-electron chi connectivity index (χ0n) is 16.8. The normalized spacial score (nSPS) is 15.5. The Hall–Kier alpha value is -0.540. The molecule has 0 radical (unpaired) electrons. The summed E-state index contributed by atoms with van der Waals surface area (Å²) in [5.41, 5.74) is 0. The van der Waals surface area contributed by atoms with Crippen LogP contribution in [0.25, 0.3) is 0 Å². The number of guanidine groups is 1. The zero-order chi connectivity index (χ0) is 18.1. The number of halogens is 1. The average Bonchev–Trinajstić information content (AvgIpc) is 3.15. The lowest BCUT2D eigenvalue weighted by molar-refractivity contribution is 0.269. The standard InChI is InChI=1S/C19H35N5S.HI/c1-5-20-19(21-10-6-7-11-22(4)17(2)3)24-14-12-23(13-15-24)18-9-8-16-25-18;/h8-9,16-17H,5-7,10-15H2,1-4H3,(H,20,21);1H. The number of anilines is 1. The number of unbranched alkanes of at least 4 members (excludes halogenated alkanes) is 1. The van der Waals surface area contributed by atoms with Gasteiger partial charge in [-0.1, -0.05) is 0 Å². The van der Waals surface area contributed by atoms with Crippen LogP contribution in [0.2, 0.25) is 0 Å². The van der Waals surface area contributed by atoms with E-state index in [1.165, 1.54) is 11.4 Å². The predicted octanol–water partition coefficient (Wildman–Crippen LogP) is 3.57. The first-order chi connectivity index (χ1) is 12.1. The number of hydrogen-bond acceptors (Lipinski definition) is 4. The molecule has 1 N–H and O–H groups in total. The molecule has 1 fully saturated rings. The van der Waals surface area contributed by atoms with Gasteiger partial charge in [0, 0.05) is 45.3 Å². The number of nitrogens with one attached hydrogen (secondary N) is 1. The van der Waals surface area contributed by atoms with Crippen molar-refractivity contribution in [2.24, 2.45) is 4.99 Å². The van der Waals surface area contributed by atoms with E-state index in [0.29, 0.717) is 6.04 Å². The molecule has 150 valence electrons. The van der Waals surface area contributed by atoms with Gasteiger partial charge in [0.2, 0.25) is 0 Å². The molecule has 0 spiro atoms. The molecule has 0 atom stereocenters. The lowest BCUT2D eigenvalue weighted by atomic mass is 10.2. The minimum atomic E-state index is 0. The molecule has 0 unspecified atom stereocenters. The highest BCUT2D eigenvalue weighted by Gasteiger charge is 2.20. The van der Waals surface area contributed by atoms with Gasteiger partial charge in [0.05, 0.1) is 5.00 Å². The Morgan fingerprint density at radius 3 is 2.58 bits per heavy atom. The van der Waals surface area contributed by atoms with Gasteiger partial charge < -0.3 is 20.0 Å². The Morgan fingerprint density at radius 2 is 2.00 bits per heavy atom. The third-order valence-corrected chi connectivity index (χ3v) is 5.72. The summed E-state index contributed by atoms with van der Waals surface area (Å²) in [7, 11) is 2.20. The van der Waals surface area contributed by atoms with Gasteiger partial charge in [-0.3, -0.25) is 4.99 Å². The van der Waals surface area contributed by atoms with Crippen LogP contribution in [0.3, 0.4) is 0 Å². The summed E-state index contributed by atoms with van der Waals surface area (Å²) < 4.78 is 0. The lowest BCUT2D eigenvalue weighted by Crippen LogP contribution is -2.52. The van der Waals surface area contributed by atoms with Crippen LogP contribution >= 0.6 is 35.3 Å². The van der Waals surface area contributed by atoms with E-state index in [1.807, 2.05) is 11.3 Å². The topological polar surface area (TPSA) is 34.1 Å². The number of piperazine rings is 1. The van der Waals surface area contributed by atoms with E-state index in [4.69, 9.17) is 4.99 Å². The molecule has 1 aromatic heterocycles. The Bertz CT molecular complexity index is 498. The smallest absolute Gasteiger partial charge is 0.194 e. The molecule has 1 saturated heterocycles. The minimum Gasteiger partial charge on any atom is -0.360 e. The van der Waals surface area contributed by atoms with Crippen LogP contribution < -0.4 is 10.2 Å². The molecule has 0 saturated carbocycles. The van der Waals surface area contributed by atoms with E-state index in [-0.39, 0.29) is 24.0 Å². The molecule has 0 aliphatic carbocycles. The average molecular weight is 494 g/mol. The van der Waals surface area contributed by atoms with E-state index in [1.54, 1.807) is 0 Å². The molecular formula is C19H36IN5S. The van der Waals surface area contributed by atoms with E-state index < -0.39 is 0 Å². The highest BCUT2D eigenvalue weighted by Crippen LogP contribution is 2.22. The molecule has 7 heteroatoms. The van der Waals surface area contributed by atoms with Gasteiger partial charge in [-0.2, -0.15) is 0 Å². The van der Waals surface area contributed by atoms with Crippen LogP contribution in [0, 0.1) is 0 Å². The van der Waals surface area contributed by atoms with Crippen LogP contribution in [0.1, 0.15) is 33.6 Å². The first kappa shape index (κ1) is 23.5. The van der Waals surface area contributed by atoms with Crippen molar-refractivity contribution >= 4 is 46.3 Å². The second-order valence-electron chi connectivity index (χ2n) is 6.94. The van der Waals surface area contributed by atoms with Gasteiger partial charge in [-0.05, 0) is 64.7 Å². The molecule has 0 aromatic carbocycles. The van der Waals surface area contributed by atoms with Crippen molar-refractivity contribution < 1.29 is 0 Å². The van der Waals surface area contributed by atoms with Crippen molar-refractivity contribution in [3.63, 3.8) is 0 Å². The number of rotatable bonds is 8. The van der Waals surface area contributed by atoms with Gasteiger partial charge in [-0.25, -0.2) is 0 Å². The Morgan fingerprint density at radius 1 is 1.27 bits per heavy atom. The van der Waals surface area contributed by atoms with Crippen molar-refractivity contribution in [2.75, 3.05) is 57.8 Å². The molecule has 1 aliphatic heterocycles. The largest absolute Gasteiger partial charge is 0.360 e. The van der Waals surface area contributed by atoms with Crippen LogP contribution in [0.4, 0.5) is 5.00 Å². The first-order valence-corrected chi connectivity index (χ1v) is 10.5. The molecule has 26 heavy (non-hydrogen) atoms. The Kier molecular flexibility index (Phi) is 11.5. The van der Waals surface area contributed by atoms with Crippen molar-refractivity contribution in [1.29, 1.82) is 0 Å². The summed E-state index contributed by atoms with van der Waals surface area (Å²) in [5, 5.41) is 7.01. The monoisotopic (exact) mass is 493 g/mol. The highest BCUT2D eigenvalue weighted by atomic mass is 127. The minimum absolute atomic E-state index is 0. The highest BCUT2D eigenvalue weighted by molar-refractivity contribution is 14.0. The van der Waals surface area contributed by atoms with E-state index in [2.05, 4.69) is 65.3 Å². The summed E-state index contributed by atoms with van der Waals surface area (Å²) in [5.74, 6) is 1.09. The Balaban J connectivity index is 0.00000338. The quantitative estimate of drug-likeness (QED) is 0.260. The number of nitrogens with zero attached hydrogens (tertiary/aromatic N) is 4. The van der Waals surface area contributed by atoms with Crippen molar-refractivity contribution in [3.05, 3.63) is 17.5 Å². The van der Waals surface area contributed by atoms with Crippen molar-refractivity contribution in [1.82, 2.24) is 15.1 Å². The summed E-state index contributed by atoms with van der Waals surface area (Å²) in [4.78, 5) is 12.2. The third kappa shape index (κ3) is 7.60. The van der Waals surface area contributed by atoms with E-state index in [9.17, 15) is 0 Å². The molecule has 1 aliphatic rings. The molecule has 5 nitrogen and oxygen atoms in total. The maximum absolute atomic E-state index is 4.86. The molecule has 0 bridgehead atoms. The zero-order valence-corrected chi connectivity index (χ0v) is 19.9. The summed E-state index contributed by atoms with van der Waals surface area (Å²) in [6.07, 6.45) is 2.37. The van der Waals surface area contributed by atoms with E-state index >= 15 is 0 Å². The van der Waals surface area contributed by atoms with Crippen LogP contribution in [0.5, 0.6) is 0 Å². The SMILES string of the molecule is CCNC(=NCCCCN(C)C(C)C)N1CCN(c2cccs2)CC1.I. The van der Waals surface area contributed by atoms with Gasteiger partial charge in [0.1, 0.15) is 0 Å². The summed E-state index contributed by atoms with van der Waals surface area (Å²) in [6.45, 7) is 13.9. The first-order valence-electron chi connectivity index (χ1n) is 9.63. The van der Waals surface area contributed by atoms with Gasteiger partial charge >= 0.3 is 0 Å². The maximum atomic E-state index is 4.86. The second kappa shape index (κ2) is 12.8. The molecule has 2 rings (SSSR count). The molecule has 1 aromatic rings. The van der Waals surface area contributed by atoms with E-state index in [0.717, 1.165) is 58.2 Å². The number of aliphatic imine (C=N–C) groups is 1. The molecular weight excluding hydrogens is 457 g/mol. The third-order valence-electron chi connectivity index (χ3n) is 4.79. The van der Waals surface area contributed by atoms with Crippen molar-refractivity contribution in [3.8, 4) is 0 Å². The lowest BCUT2D eigenvalue weighted by Gasteiger charge is -2.37. The fourth-order valence-electron chi connectivity index (χ4n) is 2.93. The van der Waals surface area contributed by atoms with Gasteiger partial charge in [0.15, 0.2) is 5.96 Å².